The number of carboxylic acid groups (broad SMARTS) is 12. The van der Waals surface area contributed by atoms with Crippen LogP contribution in [0.4, 0.5) is 0 Å². The largest absolute Gasteiger partial charge is 0.481 e. The topological polar surface area (TPSA) is 619 Å². The van der Waals surface area contributed by atoms with Gasteiger partial charge in [-0.3, -0.25) is 28.8 Å². The first-order valence-electron chi connectivity index (χ1n) is 19.4. The van der Waals surface area contributed by atoms with Crippen LogP contribution in [0, 0.1) is 10.8 Å². The van der Waals surface area contributed by atoms with Gasteiger partial charge >= 0.3 is 71.6 Å². The molecule has 0 aromatic carbocycles. The second kappa shape index (κ2) is 49.3. The van der Waals surface area contributed by atoms with E-state index in [0.717, 1.165) is 0 Å². The molecule has 75 heavy (non-hydrogen) atoms. The van der Waals surface area contributed by atoms with Crippen LogP contribution < -0.4 is 0 Å². The minimum atomic E-state index is -1.27. The van der Waals surface area contributed by atoms with E-state index in [1.54, 1.807) is 0 Å². The van der Waals surface area contributed by atoms with Crippen LogP contribution in [0.5, 0.6) is 0 Å². The van der Waals surface area contributed by atoms with Crippen LogP contribution in [0.3, 0.4) is 0 Å². The molecule has 20 N–H and O–H groups in total. The van der Waals surface area contributed by atoms with Gasteiger partial charge in [0.15, 0.2) is 0 Å². The fraction of sp³-hybridized carbons (Fsp3) is 0.429. The van der Waals surface area contributed by atoms with Crippen molar-refractivity contribution in [3.8, 4) is 0 Å². The maximum absolute atomic E-state index is 9.87. The lowest BCUT2D eigenvalue weighted by Gasteiger charge is -2.31. The van der Waals surface area contributed by atoms with Gasteiger partial charge in [0.1, 0.15) is 0 Å². The van der Waals surface area contributed by atoms with Crippen LogP contribution in [0.1, 0.15) is 38.5 Å². The Kier molecular flexibility index (Phi) is 54.9. The normalized spacial score (nSPS) is 9.44. The summed E-state index contributed by atoms with van der Waals surface area (Å²) in [5.74, 6) is -14.7. The molecule has 0 aromatic heterocycles. The van der Waals surface area contributed by atoms with E-state index in [1.165, 1.54) is 0 Å². The third-order valence-electron chi connectivity index (χ3n) is 6.93. The maximum atomic E-state index is 9.87. The number of hydrogen-bond donors (Lipinski definition) is 20. The maximum Gasteiger partial charge on any atom is 0.331 e. The van der Waals surface area contributed by atoms with E-state index in [9.17, 15) is 57.5 Å². The number of ether oxygens (including phenoxy) is 1. The Bertz CT molecular complexity index is 1600. The molecular formula is C42H64O33. The summed E-state index contributed by atoms with van der Waals surface area (Å²) >= 11 is 0. The SMILES string of the molecule is C=C(CC(=O)O)C(=O)O.C=C(CC(=O)O)C(=O)O.C=C(CC(=O)O)C(=O)O.C=C(CC(=O)O)C(=O)O.C=C(CC(=O)O)C(=O)O.C=C(CC(=O)O)C(=O)O.OCC(CO)(CO)COCC(CO)(CO)CO.OCCO. The monoisotopic (exact) mass is 1100 g/mol. The summed E-state index contributed by atoms with van der Waals surface area (Å²) in [7, 11) is 0. The quantitative estimate of drug-likeness (QED) is 0.0323. The Morgan fingerprint density at radius 2 is 0.387 bits per heavy atom. The van der Waals surface area contributed by atoms with Crippen molar-refractivity contribution in [1.82, 2.24) is 0 Å². The van der Waals surface area contributed by atoms with Gasteiger partial charge in [0.05, 0.1) is 115 Å². The summed E-state index contributed by atoms with van der Waals surface area (Å²) in [6.45, 7) is 14.8. The summed E-state index contributed by atoms with van der Waals surface area (Å²) < 4.78 is 5.15. The summed E-state index contributed by atoms with van der Waals surface area (Å²) in [4.78, 5) is 118. The average molecular weight is 1100 g/mol. The first kappa shape index (κ1) is 83.6. The first-order valence-corrected chi connectivity index (χ1v) is 19.4. The molecule has 0 amide bonds. The molecule has 0 saturated heterocycles. The first-order chi connectivity index (χ1) is 34.2. The zero-order chi connectivity index (χ0) is 61.4. The lowest BCUT2D eigenvalue weighted by Crippen LogP contribution is -2.43. The Hall–Kier alpha value is -8.28. The number of carbonyl (C=O) groups is 12. The molecule has 0 fully saturated rings. The minimum Gasteiger partial charge on any atom is -0.481 e. The summed E-state index contributed by atoms with van der Waals surface area (Å²) in [5.41, 5.74) is -4.14. The van der Waals surface area contributed by atoms with Crippen LogP contribution in [-0.2, 0) is 62.3 Å². The van der Waals surface area contributed by atoms with Crippen molar-refractivity contribution in [3.05, 3.63) is 72.9 Å². The summed E-state index contributed by atoms with van der Waals surface area (Å²) in [6, 6.07) is 0. The molecule has 0 atom stereocenters. The highest BCUT2D eigenvalue weighted by Gasteiger charge is 2.33. The van der Waals surface area contributed by atoms with Crippen molar-refractivity contribution in [2.75, 3.05) is 66.1 Å². The Morgan fingerprint density at radius 1 is 0.267 bits per heavy atom. The molecular weight excluding hydrogens is 1030 g/mol. The lowest BCUT2D eigenvalue weighted by molar-refractivity contribution is -0.139. The molecule has 0 aliphatic carbocycles. The van der Waals surface area contributed by atoms with Crippen LogP contribution in [-0.4, -0.2) is 240 Å². The standard InChI is InChI=1S/C10H22O7.6C5H6O4.C2H6O2/c11-1-9(2-12,3-13)7-17-8-10(4-14,5-15)6-16;6*1-3(5(8)9)2-4(6)7;3-1-2-4/h11-16H,1-8H2;6*1-2H2,(H,6,7)(H,8,9);3-4H,1-2H2. The summed E-state index contributed by atoms with van der Waals surface area (Å²) in [5, 5.41) is 166. The zero-order valence-corrected chi connectivity index (χ0v) is 39.8. The van der Waals surface area contributed by atoms with Crippen molar-refractivity contribution in [1.29, 1.82) is 0 Å². The van der Waals surface area contributed by atoms with Gasteiger partial charge in [0, 0.05) is 33.4 Å². The number of aliphatic carboxylic acids is 12. The lowest BCUT2D eigenvalue weighted by atomic mass is 9.91. The molecule has 0 unspecified atom stereocenters. The highest BCUT2D eigenvalue weighted by atomic mass is 16.5. The van der Waals surface area contributed by atoms with Gasteiger partial charge in [-0.15, -0.1) is 0 Å². The fourth-order valence-electron chi connectivity index (χ4n) is 2.61. The molecule has 0 aliphatic rings. The highest BCUT2D eigenvalue weighted by molar-refractivity contribution is 5.94. The van der Waals surface area contributed by atoms with Crippen LogP contribution >= 0.6 is 0 Å². The molecule has 0 saturated carbocycles. The van der Waals surface area contributed by atoms with Crippen molar-refractivity contribution < 1.29 is 164 Å². The van der Waals surface area contributed by atoms with E-state index in [4.69, 9.17) is 107 Å². The molecule has 0 radical (unpaired) electrons. The molecule has 33 nitrogen and oxygen atoms in total. The molecule has 0 aliphatic heterocycles. The number of rotatable bonds is 29. The van der Waals surface area contributed by atoms with Gasteiger partial charge in [-0.1, -0.05) is 39.5 Å². The van der Waals surface area contributed by atoms with Crippen molar-refractivity contribution in [3.63, 3.8) is 0 Å². The number of hydrogen-bond acceptors (Lipinski definition) is 21. The smallest absolute Gasteiger partial charge is 0.331 e. The van der Waals surface area contributed by atoms with Gasteiger partial charge < -0.3 is 107 Å². The molecule has 430 valence electrons. The van der Waals surface area contributed by atoms with E-state index in [1.807, 2.05) is 0 Å². The minimum absolute atomic E-state index is 0.125. The summed E-state index contributed by atoms with van der Waals surface area (Å²) in [6.07, 6.45) is -3.03. The van der Waals surface area contributed by atoms with E-state index >= 15 is 0 Å². The van der Waals surface area contributed by atoms with E-state index in [0.29, 0.717) is 0 Å². The van der Waals surface area contributed by atoms with Crippen LogP contribution in [0.15, 0.2) is 72.9 Å². The Morgan fingerprint density at radius 3 is 0.440 bits per heavy atom. The third kappa shape index (κ3) is 59.9. The van der Waals surface area contributed by atoms with Crippen molar-refractivity contribution in [2.45, 2.75) is 38.5 Å². The van der Waals surface area contributed by atoms with Gasteiger partial charge in [0.2, 0.25) is 0 Å². The second-order valence-corrected chi connectivity index (χ2v) is 13.8. The number of aliphatic hydroxyl groups excluding tert-OH is 8. The Labute approximate surface area is 424 Å². The molecule has 0 spiro atoms. The van der Waals surface area contributed by atoms with Gasteiger partial charge in [-0.2, -0.15) is 0 Å². The van der Waals surface area contributed by atoms with E-state index in [-0.39, 0.29) is 59.9 Å². The highest BCUT2D eigenvalue weighted by Crippen LogP contribution is 2.20. The van der Waals surface area contributed by atoms with Crippen molar-refractivity contribution >= 4 is 71.6 Å². The van der Waals surface area contributed by atoms with Crippen LogP contribution in [0.25, 0.3) is 0 Å². The van der Waals surface area contributed by atoms with E-state index in [2.05, 4.69) is 39.5 Å². The van der Waals surface area contributed by atoms with Gasteiger partial charge in [-0.05, 0) is 0 Å². The molecule has 33 heteroatoms. The zero-order valence-electron chi connectivity index (χ0n) is 39.8. The molecule has 0 aromatic rings. The van der Waals surface area contributed by atoms with Crippen molar-refractivity contribution in [2.24, 2.45) is 10.8 Å². The van der Waals surface area contributed by atoms with Gasteiger partial charge in [0.25, 0.3) is 0 Å². The van der Waals surface area contributed by atoms with Gasteiger partial charge in [-0.25, -0.2) is 28.8 Å². The molecule has 0 bridgehead atoms. The third-order valence-corrected chi connectivity index (χ3v) is 6.93. The van der Waals surface area contributed by atoms with Crippen LogP contribution in [0.2, 0.25) is 0 Å². The number of carboxylic acids is 12. The Balaban J connectivity index is -0.000000117. The van der Waals surface area contributed by atoms with E-state index < -0.39 is 161 Å². The average Bonchev–Trinajstić information content (AvgIpc) is 3.29. The molecule has 0 rings (SSSR count). The fourth-order valence-corrected chi connectivity index (χ4v) is 2.61. The predicted octanol–water partition coefficient (Wildman–Crippen LogP) is -3.49. The predicted molar refractivity (Wildman–Crippen MR) is 247 cm³/mol. The molecule has 0 heterocycles. The second-order valence-electron chi connectivity index (χ2n) is 13.8. The number of aliphatic hydroxyl groups is 8.